The van der Waals surface area contributed by atoms with Gasteiger partial charge < -0.3 is 15.5 Å². The molecule has 0 aliphatic carbocycles. The quantitative estimate of drug-likeness (QED) is 0.749. The molecule has 1 heterocycles. The molecule has 0 aromatic carbocycles. The molecule has 1 fully saturated rings. The molecule has 3 unspecified atom stereocenters. The summed E-state index contributed by atoms with van der Waals surface area (Å²) in [6.07, 6.45) is 3.37. The summed E-state index contributed by atoms with van der Waals surface area (Å²) in [5, 5.41) is 6.35. The summed E-state index contributed by atoms with van der Waals surface area (Å²) in [5.41, 5.74) is 0. The van der Waals surface area contributed by atoms with Crippen LogP contribution >= 0.6 is 0 Å². The van der Waals surface area contributed by atoms with Gasteiger partial charge >= 0.3 is 0 Å². The Labute approximate surface area is 105 Å². The lowest BCUT2D eigenvalue weighted by Gasteiger charge is -2.29. The molecular weight excluding hydrogens is 214 g/mol. The van der Waals surface area contributed by atoms with Crippen molar-refractivity contribution < 1.29 is 4.79 Å². The molecule has 1 saturated heterocycles. The first-order valence-corrected chi connectivity index (χ1v) is 6.72. The molecule has 17 heavy (non-hydrogen) atoms. The van der Waals surface area contributed by atoms with Crippen LogP contribution in [0.5, 0.6) is 0 Å². The number of amides is 1. The second kappa shape index (κ2) is 6.97. The number of piperidine rings is 1. The van der Waals surface area contributed by atoms with Gasteiger partial charge in [-0.15, -0.1) is 0 Å². The molecule has 3 atom stereocenters. The Morgan fingerprint density at radius 1 is 1.53 bits per heavy atom. The molecule has 100 valence electrons. The number of likely N-dealkylation sites (N-methyl/N-ethyl adjacent to an activating group) is 1. The Morgan fingerprint density at radius 3 is 2.82 bits per heavy atom. The number of rotatable bonds is 5. The lowest BCUT2D eigenvalue weighted by Crippen LogP contribution is -2.50. The highest BCUT2D eigenvalue weighted by Gasteiger charge is 2.25. The second-order valence-corrected chi connectivity index (χ2v) is 5.36. The first-order valence-electron chi connectivity index (χ1n) is 6.72. The number of hydrogen-bond donors (Lipinski definition) is 2. The minimum absolute atomic E-state index is 0.0167. The van der Waals surface area contributed by atoms with Gasteiger partial charge in [0.1, 0.15) is 0 Å². The van der Waals surface area contributed by atoms with Gasteiger partial charge in [-0.1, -0.05) is 13.3 Å². The van der Waals surface area contributed by atoms with Gasteiger partial charge in [0, 0.05) is 12.6 Å². The van der Waals surface area contributed by atoms with E-state index in [1.807, 2.05) is 14.1 Å². The normalized spacial score (nSPS) is 26.9. The fourth-order valence-electron chi connectivity index (χ4n) is 2.12. The first-order chi connectivity index (χ1) is 8.04. The van der Waals surface area contributed by atoms with E-state index in [-0.39, 0.29) is 11.9 Å². The van der Waals surface area contributed by atoms with Gasteiger partial charge in [0.15, 0.2) is 0 Å². The number of carbonyl (C=O) groups is 1. The molecule has 1 aliphatic heterocycles. The average Bonchev–Trinajstić information content (AvgIpc) is 2.35. The van der Waals surface area contributed by atoms with Crippen molar-refractivity contribution >= 4 is 5.91 Å². The van der Waals surface area contributed by atoms with Crippen molar-refractivity contribution in [2.45, 2.75) is 45.2 Å². The third kappa shape index (κ3) is 4.64. The van der Waals surface area contributed by atoms with Crippen molar-refractivity contribution in [3.8, 4) is 0 Å². The lowest BCUT2D eigenvalue weighted by molar-refractivity contribution is -0.124. The van der Waals surface area contributed by atoms with E-state index in [1.54, 1.807) is 0 Å². The Morgan fingerprint density at radius 2 is 2.24 bits per heavy atom. The van der Waals surface area contributed by atoms with Gasteiger partial charge in [0.2, 0.25) is 5.91 Å². The molecule has 0 saturated carbocycles. The minimum atomic E-state index is 0.0167. The molecule has 0 aromatic heterocycles. The Kier molecular flexibility index (Phi) is 5.92. The smallest absolute Gasteiger partial charge is 0.237 e. The zero-order chi connectivity index (χ0) is 12.8. The predicted octanol–water partition coefficient (Wildman–Crippen LogP) is 0.831. The predicted molar refractivity (Wildman–Crippen MR) is 71.0 cm³/mol. The molecular formula is C13H27N3O. The third-order valence-corrected chi connectivity index (χ3v) is 3.86. The standard InChI is InChI=1S/C13H27N3O/c1-5-11-6-7-14-12(8-11)13(17)15-9-10(2)16(3)4/h10-12,14H,5-9H2,1-4H3,(H,15,17). The largest absolute Gasteiger partial charge is 0.353 e. The van der Waals surface area contributed by atoms with Gasteiger partial charge in [0.05, 0.1) is 6.04 Å². The Bertz CT molecular complexity index is 243. The van der Waals surface area contributed by atoms with Crippen LogP contribution in [0.3, 0.4) is 0 Å². The van der Waals surface area contributed by atoms with Crippen LogP contribution in [0.15, 0.2) is 0 Å². The van der Waals surface area contributed by atoms with E-state index in [1.165, 1.54) is 12.8 Å². The first kappa shape index (κ1) is 14.5. The molecule has 0 bridgehead atoms. The van der Waals surface area contributed by atoms with Crippen LogP contribution in [0.4, 0.5) is 0 Å². The Balaban J connectivity index is 2.32. The molecule has 0 radical (unpaired) electrons. The fourth-order valence-corrected chi connectivity index (χ4v) is 2.12. The van der Waals surface area contributed by atoms with Gasteiger partial charge in [-0.25, -0.2) is 0 Å². The summed E-state index contributed by atoms with van der Waals surface area (Å²) in [7, 11) is 4.06. The van der Waals surface area contributed by atoms with Crippen molar-refractivity contribution in [3.05, 3.63) is 0 Å². The molecule has 1 rings (SSSR count). The van der Waals surface area contributed by atoms with Crippen LogP contribution in [0, 0.1) is 5.92 Å². The van der Waals surface area contributed by atoms with E-state index in [2.05, 4.69) is 29.4 Å². The topological polar surface area (TPSA) is 44.4 Å². The van der Waals surface area contributed by atoms with E-state index in [0.29, 0.717) is 12.0 Å². The highest BCUT2D eigenvalue weighted by molar-refractivity contribution is 5.81. The zero-order valence-corrected chi connectivity index (χ0v) is 11.6. The summed E-state index contributed by atoms with van der Waals surface area (Å²) >= 11 is 0. The molecule has 0 aromatic rings. The lowest BCUT2D eigenvalue weighted by atomic mass is 9.90. The van der Waals surface area contributed by atoms with Crippen molar-refractivity contribution in [1.29, 1.82) is 0 Å². The van der Waals surface area contributed by atoms with Crippen LogP contribution in [0.1, 0.15) is 33.1 Å². The number of carbonyl (C=O) groups excluding carboxylic acids is 1. The summed E-state index contributed by atoms with van der Waals surface area (Å²) in [5.74, 6) is 0.870. The second-order valence-electron chi connectivity index (χ2n) is 5.36. The fraction of sp³-hybridized carbons (Fsp3) is 0.923. The van der Waals surface area contributed by atoms with E-state index in [9.17, 15) is 4.79 Å². The van der Waals surface area contributed by atoms with Crippen LogP contribution in [0.2, 0.25) is 0 Å². The number of nitrogens with zero attached hydrogens (tertiary/aromatic N) is 1. The minimum Gasteiger partial charge on any atom is -0.353 e. The van der Waals surface area contributed by atoms with E-state index < -0.39 is 0 Å². The molecule has 4 heteroatoms. The van der Waals surface area contributed by atoms with Gasteiger partial charge in [-0.2, -0.15) is 0 Å². The molecule has 2 N–H and O–H groups in total. The average molecular weight is 241 g/mol. The van der Waals surface area contributed by atoms with E-state index >= 15 is 0 Å². The van der Waals surface area contributed by atoms with Crippen molar-refractivity contribution in [3.63, 3.8) is 0 Å². The van der Waals surface area contributed by atoms with Gasteiger partial charge in [0.25, 0.3) is 0 Å². The van der Waals surface area contributed by atoms with Crippen molar-refractivity contribution in [1.82, 2.24) is 15.5 Å². The molecule has 1 amide bonds. The highest BCUT2D eigenvalue weighted by Crippen LogP contribution is 2.19. The van der Waals surface area contributed by atoms with Crippen LogP contribution < -0.4 is 10.6 Å². The van der Waals surface area contributed by atoms with Crippen LogP contribution in [-0.4, -0.2) is 50.1 Å². The SMILES string of the molecule is CCC1CCNC(C(=O)NCC(C)N(C)C)C1. The van der Waals surface area contributed by atoms with E-state index in [4.69, 9.17) is 0 Å². The summed E-state index contributed by atoms with van der Waals surface area (Å²) < 4.78 is 0. The molecule has 4 nitrogen and oxygen atoms in total. The number of hydrogen-bond acceptors (Lipinski definition) is 3. The van der Waals surface area contributed by atoms with Crippen molar-refractivity contribution in [2.75, 3.05) is 27.2 Å². The highest BCUT2D eigenvalue weighted by atomic mass is 16.2. The third-order valence-electron chi connectivity index (χ3n) is 3.86. The summed E-state index contributed by atoms with van der Waals surface area (Å²) in [4.78, 5) is 14.1. The summed E-state index contributed by atoms with van der Waals surface area (Å²) in [6.45, 7) is 6.02. The summed E-state index contributed by atoms with van der Waals surface area (Å²) in [6, 6.07) is 0.396. The van der Waals surface area contributed by atoms with Crippen LogP contribution in [-0.2, 0) is 4.79 Å². The monoisotopic (exact) mass is 241 g/mol. The maximum absolute atomic E-state index is 12.0. The molecule has 0 spiro atoms. The van der Waals surface area contributed by atoms with Crippen LogP contribution in [0.25, 0.3) is 0 Å². The van der Waals surface area contributed by atoms with Crippen molar-refractivity contribution in [2.24, 2.45) is 5.92 Å². The maximum atomic E-state index is 12.0. The Hall–Kier alpha value is -0.610. The maximum Gasteiger partial charge on any atom is 0.237 e. The molecule has 1 aliphatic rings. The number of nitrogens with one attached hydrogen (secondary N) is 2. The van der Waals surface area contributed by atoms with Gasteiger partial charge in [-0.05, 0) is 46.3 Å². The van der Waals surface area contributed by atoms with E-state index in [0.717, 1.165) is 19.5 Å². The van der Waals surface area contributed by atoms with Gasteiger partial charge in [-0.3, -0.25) is 4.79 Å². The zero-order valence-electron chi connectivity index (χ0n) is 11.6.